The summed E-state index contributed by atoms with van der Waals surface area (Å²) in [6, 6.07) is 4.86. The summed E-state index contributed by atoms with van der Waals surface area (Å²) in [5.74, 6) is 8.05. The molecule has 0 saturated heterocycles. The molecule has 1 aromatic heterocycles. The predicted octanol–water partition coefficient (Wildman–Crippen LogP) is 2.14. The van der Waals surface area contributed by atoms with Crippen LogP contribution in [0.3, 0.4) is 0 Å². The lowest BCUT2D eigenvalue weighted by molar-refractivity contribution is -0.404. The highest BCUT2D eigenvalue weighted by molar-refractivity contribution is 7.98. The van der Waals surface area contributed by atoms with Crippen LogP contribution in [0, 0.1) is 33.8 Å². The van der Waals surface area contributed by atoms with Gasteiger partial charge in [0, 0.05) is 25.4 Å². The quantitative estimate of drug-likeness (QED) is 0.309. The van der Waals surface area contributed by atoms with Crippen molar-refractivity contribution in [3.05, 3.63) is 45.8 Å². The summed E-state index contributed by atoms with van der Waals surface area (Å²) in [6.45, 7) is 1.49. The standard InChI is InChI=1S/C18H26N4O3S/c1-19-16(9-22(23)24)20-4-5-26-10-13-3-2-12(25-13)8-21-18-11-6-14-15(7-11)17(14)18/h2-3,9,11,14-15,17-21H,4-8,10H2,1H3/b16-9-/t11?,14-,15?,17?,18-/m1/s1. The number of nitrogens with one attached hydrogen (secondary N) is 3. The molecule has 4 aliphatic rings. The molecule has 4 bridgehead atoms. The van der Waals surface area contributed by atoms with Crippen molar-refractivity contribution in [3.8, 4) is 0 Å². The molecular weight excluding hydrogens is 352 g/mol. The molecular formula is C18H26N4O3S. The Morgan fingerprint density at radius 3 is 2.81 bits per heavy atom. The minimum Gasteiger partial charge on any atom is -0.464 e. The van der Waals surface area contributed by atoms with E-state index in [2.05, 4.69) is 28.1 Å². The van der Waals surface area contributed by atoms with E-state index in [4.69, 9.17) is 4.42 Å². The molecule has 3 N–H and O–H groups in total. The van der Waals surface area contributed by atoms with Crippen molar-refractivity contribution in [1.82, 2.24) is 16.0 Å². The van der Waals surface area contributed by atoms with E-state index in [0.29, 0.717) is 12.4 Å². The van der Waals surface area contributed by atoms with Crippen LogP contribution in [0.4, 0.5) is 0 Å². The first-order valence-corrected chi connectivity index (χ1v) is 10.5. The van der Waals surface area contributed by atoms with Crippen molar-refractivity contribution in [1.29, 1.82) is 0 Å². The number of thioether (sulfide) groups is 1. The Kier molecular flexibility index (Phi) is 5.13. The van der Waals surface area contributed by atoms with Gasteiger partial charge in [0.15, 0.2) is 5.82 Å². The third kappa shape index (κ3) is 3.71. The van der Waals surface area contributed by atoms with Crippen LogP contribution in [-0.4, -0.2) is 30.3 Å². The second-order valence-corrected chi connectivity index (χ2v) is 8.57. The van der Waals surface area contributed by atoms with Crippen LogP contribution in [0.25, 0.3) is 0 Å². The summed E-state index contributed by atoms with van der Waals surface area (Å²) >= 11 is 1.75. The number of nitrogens with zero attached hydrogens (tertiary/aromatic N) is 1. The third-order valence-corrected chi connectivity index (χ3v) is 6.99. The Bertz CT molecular complexity index is 678. The minimum absolute atomic E-state index is 0.421. The lowest BCUT2D eigenvalue weighted by atomic mass is 10.1. The fourth-order valence-corrected chi connectivity index (χ4v) is 5.67. The van der Waals surface area contributed by atoms with Gasteiger partial charge in [0.25, 0.3) is 6.20 Å². The topological polar surface area (TPSA) is 92.4 Å². The molecule has 4 fully saturated rings. The van der Waals surface area contributed by atoms with Crippen molar-refractivity contribution in [2.24, 2.45) is 23.7 Å². The second-order valence-electron chi connectivity index (χ2n) is 7.47. The van der Waals surface area contributed by atoms with Gasteiger partial charge in [-0.25, -0.2) is 0 Å². The highest BCUT2D eigenvalue weighted by Gasteiger charge is 2.68. The summed E-state index contributed by atoms with van der Waals surface area (Å²) in [5.41, 5.74) is 0. The van der Waals surface area contributed by atoms with Crippen LogP contribution in [0.15, 0.2) is 28.6 Å². The van der Waals surface area contributed by atoms with E-state index < -0.39 is 4.92 Å². The minimum atomic E-state index is -0.470. The molecule has 0 amide bonds. The summed E-state index contributed by atoms with van der Waals surface area (Å²) in [4.78, 5) is 9.98. The van der Waals surface area contributed by atoms with Crippen molar-refractivity contribution in [2.75, 3.05) is 19.3 Å². The molecule has 0 radical (unpaired) electrons. The molecule has 0 aromatic carbocycles. The summed E-state index contributed by atoms with van der Waals surface area (Å²) in [6.07, 6.45) is 3.84. The molecule has 5 rings (SSSR count). The summed E-state index contributed by atoms with van der Waals surface area (Å²) in [5, 5.41) is 20.0. The largest absolute Gasteiger partial charge is 0.464 e. The Labute approximate surface area is 157 Å². The van der Waals surface area contributed by atoms with Crippen molar-refractivity contribution >= 4 is 11.8 Å². The van der Waals surface area contributed by atoms with Gasteiger partial charge in [-0.15, -0.1) is 0 Å². The first kappa shape index (κ1) is 17.7. The highest BCUT2D eigenvalue weighted by atomic mass is 32.2. The van der Waals surface area contributed by atoms with E-state index >= 15 is 0 Å². The van der Waals surface area contributed by atoms with Gasteiger partial charge >= 0.3 is 0 Å². The van der Waals surface area contributed by atoms with E-state index in [1.54, 1.807) is 18.8 Å². The Morgan fingerprint density at radius 2 is 2.15 bits per heavy atom. The van der Waals surface area contributed by atoms with E-state index in [9.17, 15) is 10.1 Å². The van der Waals surface area contributed by atoms with Crippen LogP contribution in [0.2, 0.25) is 0 Å². The van der Waals surface area contributed by atoms with E-state index in [0.717, 1.165) is 65.5 Å². The normalized spacial score (nSPS) is 31.3. The van der Waals surface area contributed by atoms with Crippen LogP contribution in [0.5, 0.6) is 0 Å². The van der Waals surface area contributed by atoms with Gasteiger partial charge in [-0.1, -0.05) is 0 Å². The highest BCUT2D eigenvalue weighted by Crippen LogP contribution is 2.70. The molecule has 1 heterocycles. The zero-order valence-electron chi connectivity index (χ0n) is 14.9. The maximum atomic E-state index is 10.4. The SMILES string of the molecule is CN/C(=C/[N+](=O)[O-])NCCSCc1ccc(CN[C@@H]2C3CC4C2[C@@H]4C3)o1. The molecule has 26 heavy (non-hydrogen) atoms. The fourth-order valence-electron chi connectivity index (χ4n) is 4.92. The molecule has 5 atom stereocenters. The van der Waals surface area contributed by atoms with Crippen molar-refractivity contribution in [2.45, 2.75) is 31.2 Å². The van der Waals surface area contributed by atoms with Gasteiger partial charge in [0.1, 0.15) is 11.5 Å². The maximum absolute atomic E-state index is 10.4. The number of hydrogen-bond acceptors (Lipinski definition) is 7. The van der Waals surface area contributed by atoms with Gasteiger partial charge in [-0.2, -0.15) is 11.8 Å². The smallest absolute Gasteiger partial charge is 0.274 e. The zero-order chi connectivity index (χ0) is 18.1. The van der Waals surface area contributed by atoms with Gasteiger partial charge < -0.3 is 20.4 Å². The number of hydrogen-bond donors (Lipinski definition) is 3. The van der Waals surface area contributed by atoms with Crippen LogP contribution >= 0.6 is 11.8 Å². The Balaban J connectivity index is 1.12. The molecule has 3 unspecified atom stereocenters. The summed E-state index contributed by atoms with van der Waals surface area (Å²) < 4.78 is 5.93. The maximum Gasteiger partial charge on any atom is 0.274 e. The van der Waals surface area contributed by atoms with Crippen LogP contribution < -0.4 is 16.0 Å². The summed E-state index contributed by atoms with van der Waals surface area (Å²) in [7, 11) is 1.66. The third-order valence-electron chi connectivity index (χ3n) is 6.01. The Hall–Kier alpha value is -1.67. The monoisotopic (exact) mass is 378 g/mol. The van der Waals surface area contributed by atoms with E-state index in [1.165, 1.54) is 12.8 Å². The van der Waals surface area contributed by atoms with Gasteiger partial charge in [0.05, 0.1) is 17.2 Å². The van der Waals surface area contributed by atoms with Gasteiger partial charge in [0.2, 0.25) is 0 Å². The zero-order valence-corrected chi connectivity index (χ0v) is 15.8. The first-order chi connectivity index (χ1) is 12.7. The second kappa shape index (κ2) is 7.52. The van der Waals surface area contributed by atoms with E-state index in [1.807, 2.05) is 0 Å². The van der Waals surface area contributed by atoms with Crippen LogP contribution in [-0.2, 0) is 12.3 Å². The first-order valence-electron chi connectivity index (χ1n) is 9.31. The molecule has 0 spiro atoms. The lowest BCUT2D eigenvalue weighted by Crippen LogP contribution is -2.31. The number of nitro groups is 1. The average molecular weight is 378 g/mol. The predicted molar refractivity (Wildman–Crippen MR) is 101 cm³/mol. The van der Waals surface area contributed by atoms with E-state index in [-0.39, 0.29) is 0 Å². The lowest BCUT2D eigenvalue weighted by Gasteiger charge is -2.15. The molecule has 1 aromatic rings. The van der Waals surface area contributed by atoms with Crippen molar-refractivity contribution < 1.29 is 9.34 Å². The molecule has 7 nitrogen and oxygen atoms in total. The van der Waals surface area contributed by atoms with Gasteiger partial charge in [-0.05, 0) is 48.6 Å². The molecule has 142 valence electrons. The molecule has 8 heteroatoms. The van der Waals surface area contributed by atoms with Crippen LogP contribution in [0.1, 0.15) is 24.4 Å². The Morgan fingerprint density at radius 1 is 1.38 bits per heavy atom. The number of furan rings is 1. The molecule has 4 saturated carbocycles. The molecule has 0 aliphatic heterocycles. The molecule has 4 aliphatic carbocycles. The van der Waals surface area contributed by atoms with Crippen molar-refractivity contribution in [3.63, 3.8) is 0 Å². The fraction of sp³-hybridized carbons (Fsp3) is 0.667. The average Bonchev–Trinajstić information content (AvgIpc) is 3.13. The van der Waals surface area contributed by atoms with Gasteiger partial charge in [-0.3, -0.25) is 10.1 Å². The number of rotatable bonds is 11.